The predicted octanol–water partition coefficient (Wildman–Crippen LogP) is 5.11. The van der Waals surface area contributed by atoms with Crippen molar-refractivity contribution in [3.05, 3.63) is 40.4 Å². The summed E-state index contributed by atoms with van der Waals surface area (Å²) < 4.78 is 16.4. The summed E-state index contributed by atoms with van der Waals surface area (Å²) in [6, 6.07) is 8.62. The number of aromatic amines is 1. The van der Waals surface area contributed by atoms with E-state index in [1.54, 1.807) is 13.2 Å². The number of benzene rings is 2. The Bertz CT molecular complexity index is 999. The lowest BCUT2D eigenvalue weighted by molar-refractivity contribution is -0.385. The van der Waals surface area contributed by atoms with E-state index in [2.05, 4.69) is 16.9 Å². The van der Waals surface area contributed by atoms with E-state index in [0.717, 1.165) is 36.7 Å². The Morgan fingerprint density at radius 3 is 2.62 bits per heavy atom. The zero-order chi connectivity index (χ0) is 20.8. The predicted molar refractivity (Wildman–Crippen MR) is 111 cm³/mol. The summed E-state index contributed by atoms with van der Waals surface area (Å²) in [5, 5.41) is 11.7. The van der Waals surface area contributed by atoms with Gasteiger partial charge in [-0.25, -0.2) is 4.98 Å². The Hall–Kier alpha value is -3.29. The molecule has 3 aromatic rings. The average molecular weight is 399 g/mol. The van der Waals surface area contributed by atoms with Gasteiger partial charge in [0.05, 0.1) is 36.8 Å². The number of fused-ring (bicyclic) bond motifs is 1. The zero-order valence-corrected chi connectivity index (χ0v) is 16.9. The van der Waals surface area contributed by atoms with Crippen LogP contribution in [0.4, 0.5) is 5.69 Å². The molecule has 0 aliphatic rings. The molecule has 1 aromatic heterocycles. The number of nitrogens with zero attached hydrogens (tertiary/aromatic N) is 2. The second-order valence-electron chi connectivity index (χ2n) is 6.66. The van der Waals surface area contributed by atoms with Gasteiger partial charge in [0.25, 0.3) is 0 Å². The minimum Gasteiger partial charge on any atom is -0.497 e. The fraction of sp³-hybridized carbons (Fsp3) is 0.381. The number of rotatable bonds is 10. The fourth-order valence-corrected chi connectivity index (χ4v) is 3.11. The first kappa shape index (κ1) is 20.4. The third kappa shape index (κ3) is 4.59. The Balaban J connectivity index is 1.95. The lowest BCUT2D eigenvalue weighted by atomic mass is 10.1. The van der Waals surface area contributed by atoms with Crippen LogP contribution < -0.4 is 14.2 Å². The molecule has 1 N–H and O–H groups in total. The Morgan fingerprint density at radius 1 is 1.10 bits per heavy atom. The van der Waals surface area contributed by atoms with Crippen LogP contribution in [0.2, 0.25) is 0 Å². The highest BCUT2D eigenvalue weighted by atomic mass is 16.6. The third-order valence-electron chi connectivity index (χ3n) is 4.66. The molecule has 0 bridgehead atoms. The molecule has 0 unspecified atom stereocenters. The Labute approximate surface area is 169 Å². The van der Waals surface area contributed by atoms with E-state index in [-0.39, 0.29) is 11.4 Å². The molecule has 0 fully saturated rings. The third-order valence-corrected chi connectivity index (χ3v) is 4.66. The molecule has 0 saturated heterocycles. The van der Waals surface area contributed by atoms with E-state index in [1.165, 1.54) is 13.2 Å². The topological polar surface area (TPSA) is 99.5 Å². The summed E-state index contributed by atoms with van der Waals surface area (Å²) >= 11 is 0. The highest BCUT2D eigenvalue weighted by Gasteiger charge is 2.24. The van der Waals surface area contributed by atoms with Crippen molar-refractivity contribution in [2.45, 2.75) is 32.6 Å². The SMILES string of the molecule is CCCCCCOc1c(OC)cc(-c2nc3ccc(OC)cc3[nH]2)cc1[N+](=O)[O-]. The van der Waals surface area contributed by atoms with Crippen molar-refractivity contribution in [1.82, 2.24) is 9.97 Å². The Kier molecular flexibility index (Phi) is 6.54. The molecule has 0 radical (unpaired) electrons. The largest absolute Gasteiger partial charge is 0.497 e. The summed E-state index contributed by atoms with van der Waals surface area (Å²) in [7, 11) is 3.06. The summed E-state index contributed by atoms with van der Waals surface area (Å²) in [5.74, 6) is 1.66. The first-order valence-electron chi connectivity index (χ1n) is 9.60. The molecule has 0 aliphatic carbocycles. The molecule has 0 aliphatic heterocycles. The standard InChI is InChI=1S/C21H25N3O5/c1-4-5-6-7-10-29-20-18(24(25)26)11-14(12-19(20)28-3)21-22-16-9-8-15(27-2)13-17(16)23-21/h8-9,11-13H,4-7,10H2,1-3H3,(H,22,23). The molecule has 8 nitrogen and oxygen atoms in total. The quantitative estimate of drug-likeness (QED) is 0.289. The van der Waals surface area contributed by atoms with Gasteiger partial charge in [0.2, 0.25) is 5.75 Å². The minimum atomic E-state index is -0.459. The molecular weight excluding hydrogens is 374 g/mol. The monoisotopic (exact) mass is 399 g/mol. The second-order valence-corrected chi connectivity index (χ2v) is 6.66. The van der Waals surface area contributed by atoms with Crippen molar-refractivity contribution >= 4 is 16.7 Å². The van der Waals surface area contributed by atoms with Gasteiger partial charge in [0, 0.05) is 17.7 Å². The van der Waals surface area contributed by atoms with Crippen molar-refractivity contribution in [3.63, 3.8) is 0 Å². The molecule has 154 valence electrons. The van der Waals surface area contributed by atoms with E-state index >= 15 is 0 Å². The van der Waals surface area contributed by atoms with E-state index in [4.69, 9.17) is 14.2 Å². The first-order chi connectivity index (χ1) is 14.1. The van der Waals surface area contributed by atoms with Crippen LogP contribution in [-0.4, -0.2) is 35.7 Å². The van der Waals surface area contributed by atoms with Crippen molar-refractivity contribution in [3.8, 4) is 28.6 Å². The minimum absolute atomic E-state index is 0.145. The molecule has 8 heteroatoms. The molecule has 29 heavy (non-hydrogen) atoms. The van der Waals surface area contributed by atoms with Crippen LogP contribution in [-0.2, 0) is 0 Å². The lowest BCUT2D eigenvalue weighted by Crippen LogP contribution is -2.03. The van der Waals surface area contributed by atoms with Crippen LogP contribution >= 0.6 is 0 Å². The molecule has 0 saturated carbocycles. The summed E-state index contributed by atoms with van der Waals surface area (Å²) in [6.45, 7) is 2.53. The van der Waals surface area contributed by atoms with Gasteiger partial charge < -0.3 is 19.2 Å². The second kappa shape index (κ2) is 9.27. The highest BCUT2D eigenvalue weighted by molar-refractivity contribution is 5.82. The number of imidazole rings is 1. The normalized spacial score (nSPS) is 10.9. The molecule has 3 rings (SSSR count). The fourth-order valence-electron chi connectivity index (χ4n) is 3.11. The average Bonchev–Trinajstić information content (AvgIpc) is 3.16. The maximum Gasteiger partial charge on any atom is 0.315 e. The van der Waals surface area contributed by atoms with Gasteiger partial charge in [0.15, 0.2) is 5.75 Å². The Morgan fingerprint density at radius 2 is 1.93 bits per heavy atom. The summed E-state index contributed by atoms with van der Waals surface area (Å²) in [6.07, 6.45) is 4.08. The van der Waals surface area contributed by atoms with Crippen LogP contribution in [0, 0.1) is 10.1 Å². The van der Waals surface area contributed by atoms with Crippen LogP contribution in [0.1, 0.15) is 32.6 Å². The van der Waals surface area contributed by atoms with Crippen molar-refractivity contribution in [1.29, 1.82) is 0 Å². The molecule has 2 aromatic carbocycles. The number of ether oxygens (including phenoxy) is 3. The van der Waals surface area contributed by atoms with Crippen LogP contribution in [0.15, 0.2) is 30.3 Å². The van der Waals surface area contributed by atoms with Gasteiger partial charge in [-0.15, -0.1) is 0 Å². The van der Waals surface area contributed by atoms with Gasteiger partial charge in [-0.05, 0) is 24.6 Å². The lowest BCUT2D eigenvalue weighted by Gasteiger charge is -2.12. The number of hydrogen-bond acceptors (Lipinski definition) is 6. The summed E-state index contributed by atoms with van der Waals surface area (Å²) in [5.41, 5.74) is 1.91. The number of nitro groups is 1. The van der Waals surface area contributed by atoms with E-state index in [1.807, 2.05) is 18.2 Å². The number of nitrogens with one attached hydrogen (secondary N) is 1. The van der Waals surface area contributed by atoms with Gasteiger partial charge >= 0.3 is 5.69 Å². The van der Waals surface area contributed by atoms with Gasteiger partial charge in [0.1, 0.15) is 11.6 Å². The molecule has 1 heterocycles. The van der Waals surface area contributed by atoms with E-state index < -0.39 is 4.92 Å². The van der Waals surface area contributed by atoms with E-state index in [0.29, 0.717) is 29.5 Å². The number of methoxy groups -OCH3 is 2. The van der Waals surface area contributed by atoms with Crippen LogP contribution in [0.3, 0.4) is 0 Å². The van der Waals surface area contributed by atoms with Gasteiger partial charge in [-0.2, -0.15) is 0 Å². The molecule has 0 spiro atoms. The zero-order valence-electron chi connectivity index (χ0n) is 16.9. The van der Waals surface area contributed by atoms with Crippen molar-refractivity contribution in [2.24, 2.45) is 0 Å². The van der Waals surface area contributed by atoms with Crippen LogP contribution in [0.5, 0.6) is 17.2 Å². The number of unbranched alkanes of at least 4 members (excludes halogenated alkanes) is 3. The van der Waals surface area contributed by atoms with Crippen molar-refractivity contribution in [2.75, 3.05) is 20.8 Å². The van der Waals surface area contributed by atoms with E-state index in [9.17, 15) is 10.1 Å². The van der Waals surface area contributed by atoms with Crippen molar-refractivity contribution < 1.29 is 19.1 Å². The smallest absolute Gasteiger partial charge is 0.315 e. The first-order valence-corrected chi connectivity index (χ1v) is 9.60. The number of hydrogen-bond donors (Lipinski definition) is 1. The van der Waals surface area contributed by atoms with Crippen LogP contribution in [0.25, 0.3) is 22.4 Å². The molecule has 0 amide bonds. The molecule has 0 atom stereocenters. The van der Waals surface area contributed by atoms with Gasteiger partial charge in [-0.3, -0.25) is 10.1 Å². The molecular formula is C21H25N3O5. The van der Waals surface area contributed by atoms with Gasteiger partial charge in [-0.1, -0.05) is 26.2 Å². The number of aromatic nitrogens is 2. The maximum atomic E-state index is 11.7. The maximum absolute atomic E-state index is 11.7. The number of H-pyrrole nitrogens is 1. The summed E-state index contributed by atoms with van der Waals surface area (Å²) in [4.78, 5) is 18.9. The highest BCUT2D eigenvalue weighted by Crippen LogP contribution is 2.41. The number of nitro benzene ring substituents is 1.